The number of rotatable bonds is 9. The highest BCUT2D eigenvalue weighted by Crippen LogP contribution is 2.66. The third kappa shape index (κ3) is 6.08. The van der Waals surface area contributed by atoms with Gasteiger partial charge in [-0.1, -0.05) is 0 Å². The van der Waals surface area contributed by atoms with Crippen molar-refractivity contribution < 1.29 is 61.1 Å². The number of nitrogen functional groups attached to an aromatic ring is 1. The first-order chi connectivity index (χ1) is 14.4. The molecule has 0 saturated carbocycles. The highest BCUT2D eigenvalue weighted by atomic mass is 31.3. The summed E-state index contributed by atoms with van der Waals surface area (Å²) in [5, 5.41) is 10.5. The van der Waals surface area contributed by atoms with Crippen molar-refractivity contribution in [1.82, 2.24) is 9.55 Å². The standard InChI is InChI=1S/C11H19N4O14P3/c1-11(8(13)17)7(16)5(27-9(11)15-3-2-6(12)14-10(15)18)4-26-31(22,23)29-32(24,25)28-30(19,20)21/h2-3,5,7,9,16H,4H2,1H3,(H2,13,17)(H,22,23)(H,24,25)(H2,12,14,18)(H2,19,20,21). The van der Waals surface area contributed by atoms with Crippen LogP contribution in [0.2, 0.25) is 0 Å². The summed E-state index contributed by atoms with van der Waals surface area (Å²) in [7, 11) is -16.9. The lowest BCUT2D eigenvalue weighted by atomic mass is 9.81. The highest BCUT2D eigenvalue weighted by Gasteiger charge is 2.58. The fourth-order valence-electron chi connectivity index (χ4n) is 2.74. The first-order valence-corrected chi connectivity index (χ1v) is 12.7. The Hall–Kier alpha value is -1.52. The Morgan fingerprint density at radius 3 is 2.34 bits per heavy atom. The van der Waals surface area contributed by atoms with E-state index in [9.17, 15) is 33.3 Å². The summed E-state index contributed by atoms with van der Waals surface area (Å²) in [6.07, 6.45) is -3.97. The molecule has 9 N–H and O–H groups in total. The van der Waals surface area contributed by atoms with Crippen LogP contribution in [0.25, 0.3) is 0 Å². The van der Waals surface area contributed by atoms with Crippen LogP contribution in [0.5, 0.6) is 0 Å². The summed E-state index contributed by atoms with van der Waals surface area (Å²) in [5.74, 6) is -1.30. The second-order valence-corrected chi connectivity index (χ2v) is 11.0. The van der Waals surface area contributed by atoms with E-state index >= 15 is 0 Å². The van der Waals surface area contributed by atoms with Crippen molar-refractivity contribution in [2.45, 2.75) is 25.4 Å². The topological polar surface area (TPSA) is 293 Å². The van der Waals surface area contributed by atoms with Gasteiger partial charge in [0.05, 0.1) is 6.61 Å². The number of amides is 1. The van der Waals surface area contributed by atoms with Gasteiger partial charge in [-0.3, -0.25) is 13.9 Å². The summed E-state index contributed by atoms with van der Waals surface area (Å²) in [6.45, 7) is 0.0413. The number of phosphoric acid groups is 3. The normalized spacial score (nSPS) is 29.9. The number of hydrogen-bond acceptors (Lipinski definition) is 12. The zero-order chi connectivity index (χ0) is 24.7. The van der Waals surface area contributed by atoms with Gasteiger partial charge < -0.3 is 40.9 Å². The fraction of sp³-hybridized carbons (Fsp3) is 0.545. The highest BCUT2D eigenvalue weighted by molar-refractivity contribution is 7.66. The van der Waals surface area contributed by atoms with Crippen LogP contribution in [0, 0.1) is 5.41 Å². The molecule has 1 aliphatic heterocycles. The molecule has 2 rings (SSSR count). The number of nitrogens with zero attached hydrogens (tertiary/aromatic N) is 2. The van der Waals surface area contributed by atoms with Gasteiger partial charge in [0.1, 0.15) is 23.4 Å². The first-order valence-electron chi connectivity index (χ1n) is 8.14. The van der Waals surface area contributed by atoms with Gasteiger partial charge in [-0.2, -0.15) is 13.6 Å². The Morgan fingerprint density at radius 2 is 1.84 bits per heavy atom. The van der Waals surface area contributed by atoms with Gasteiger partial charge >= 0.3 is 29.2 Å². The minimum absolute atomic E-state index is 0.158. The molecule has 1 fully saturated rings. The molecule has 1 aromatic heterocycles. The Labute approximate surface area is 178 Å². The summed E-state index contributed by atoms with van der Waals surface area (Å²) in [4.78, 5) is 63.3. The largest absolute Gasteiger partial charge is 0.490 e. The van der Waals surface area contributed by atoms with Gasteiger partial charge in [0.2, 0.25) is 5.91 Å². The molecule has 1 aromatic rings. The second kappa shape index (κ2) is 9.02. The van der Waals surface area contributed by atoms with Crippen LogP contribution < -0.4 is 17.2 Å². The summed E-state index contributed by atoms with van der Waals surface area (Å²) in [5.41, 5.74) is 7.76. The maximum absolute atomic E-state index is 12.1. The van der Waals surface area contributed by atoms with Crippen LogP contribution in [0.15, 0.2) is 17.1 Å². The van der Waals surface area contributed by atoms with Crippen LogP contribution in [-0.2, 0) is 36.4 Å². The van der Waals surface area contributed by atoms with Gasteiger partial charge in [-0.15, -0.1) is 0 Å². The Morgan fingerprint density at radius 1 is 1.25 bits per heavy atom. The molecule has 0 aliphatic carbocycles. The second-order valence-electron chi connectivity index (χ2n) is 6.55. The third-order valence-electron chi connectivity index (χ3n) is 4.24. The number of ether oxygens (including phenoxy) is 1. The molecule has 0 spiro atoms. The van der Waals surface area contributed by atoms with Gasteiger partial charge in [0.25, 0.3) is 0 Å². The van der Waals surface area contributed by atoms with Crippen molar-refractivity contribution in [3.8, 4) is 0 Å². The van der Waals surface area contributed by atoms with E-state index in [1.807, 2.05) is 0 Å². The monoisotopic (exact) mass is 524 g/mol. The van der Waals surface area contributed by atoms with E-state index in [0.717, 1.165) is 17.7 Å². The molecule has 2 heterocycles. The van der Waals surface area contributed by atoms with E-state index < -0.39 is 65.5 Å². The SMILES string of the molecule is CC1(C(N)=O)C(O)C(COP(=O)(O)OP(=O)(O)OP(=O)(O)O)OC1n1ccc(N)nc1=O. The molecule has 32 heavy (non-hydrogen) atoms. The van der Waals surface area contributed by atoms with Gasteiger partial charge in [0.15, 0.2) is 6.23 Å². The predicted molar refractivity (Wildman–Crippen MR) is 99.9 cm³/mol. The van der Waals surface area contributed by atoms with Crippen LogP contribution in [0.3, 0.4) is 0 Å². The Balaban J connectivity index is 2.23. The molecule has 0 bridgehead atoms. The number of primary amides is 1. The van der Waals surface area contributed by atoms with E-state index in [1.165, 1.54) is 6.07 Å². The van der Waals surface area contributed by atoms with Crippen molar-refractivity contribution in [2.24, 2.45) is 11.1 Å². The Bertz CT molecular complexity index is 1090. The number of aromatic nitrogens is 2. The fourth-order valence-corrected chi connectivity index (χ4v) is 5.77. The molecule has 0 radical (unpaired) electrons. The molecular formula is C11H19N4O14P3. The lowest BCUT2D eigenvalue weighted by molar-refractivity contribution is -0.137. The smallest absolute Gasteiger partial charge is 0.389 e. The molecule has 1 saturated heterocycles. The average Bonchev–Trinajstić information content (AvgIpc) is 2.83. The number of anilines is 1. The number of carbonyl (C=O) groups is 1. The summed E-state index contributed by atoms with van der Waals surface area (Å²) >= 11 is 0. The average molecular weight is 524 g/mol. The summed E-state index contributed by atoms with van der Waals surface area (Å²) < 4.78 is 51.5. The molecule has 0 aromatic carbocycles. The van der Waals surface area contributed by atoms with Crippen LogP contribution in [0.4, 0.5) is 5.82 Å². The van der Waals surface area contributed by atoms with Gasteiger partial charge in [-0.05, 0) is 13.0 Å². The molecule has 6 unspecified atom stereocenters. The van der Waals surface area contributed by atoms with E-state index in [2.05, 4.69) is 18.1 Å². The van der Waals surface area contributed by atoms with Crippen molar-refractivity contribution in [1.29, 1.82) is 0 Å². The molecular weight excluding hydrogens is 505 g/mol. The minimum Gasteiger partial charge on any atom is -0.389 e. The molecule has 21 heteroatoms. The van der Waals surface area contributed by atoms with E-state index in [-0.39, 0.29) is 5.82 Å². The molecule has 182 valence electrons. The number of phosphoric ester groups is 1. The summed E-state index contributed by atoms with van der Waals surface area (Å²) in [6, 6.07) is 1.18. The number of hydrogen-bond donors (Lipinski definition) is 7. The van der Waals surface area contributed by atoms with Gasteiger partial charge in [0, 0.05) is 6.20 Å². The number of nitrogens with two attached hydrogens (primary N) is 2. The van der Waals surface area contributed by atoms with Gasteiger partial charge in [-0.25, -0.2) is 18.5 Å². The van der Waals surface area contributed by atoms with E-state index in [1.54, 1.807) is 0 Å². The van der Waals surface area contributed by atoms with Crippen molar-refractivity contribution in [3.63, 3.8) is 0 Å². The zero-order valence-electron chi connectivity index (χ0n) is 15.9. The lowest BCUT2D eigenvalue weighted by Crippen LogP contribution is -2.49. The van der Waals surface area contributed by atoms with Crippen molar-refractivity contribution in [3.05, 3.63) is 22.7 Å². The third-order valence-corrected chi connectivity index (χ3v) is 8.04. The maximum Gasteiger partial charge on any atom is 0.490 e. The van der Waals surface area contributed by atoms with Crippen LogP contribution >= 0.6 is 23.5 Å². The lowest BCUT2D eigenvalue weighted by Gasteiger charge is -2.29. The van der Waals surface area contributed by atoms with Crippen molar-refractivity contribution in [2.75, 3.05) is 12.3 Å². The number of aliphatic hydroxyl groups is 1. The van der Waals surface area contributed by atoms with Crippen molar-refractivity contribution >= 4 is 35.2 Å². The molecule has 18 nitrogen and oxygen atoms in total. The maximum atomic E-state index is 12.1. The van der Waals surface area contributed by atoms with Crippen LogP contribution in [0.1, 0.15) is 13.2 Å². The predicted octanol–water partition coefficient (Wildman–Crippen LogP) is -2.08. The first kappa shape index (κ1) is 26.7. The Kier molecular flexibility index (Phi) is 7.54. The molecule has 1 amide bonds. The quantitative estimate of drug-likeness (QED) is 0.170. The zero-order valence-corrected chi connectivity index (χ0v) is 18.6. The molecule has 6 atom stereocenters. The number of carbonyl (C=O) groups excluding carboxylic acids is 1. The van der Waals surface area contributed by atoms with E-state index in [4.69, 9.17) is 30.9 Å². The minimum atomic E-state index is -5.77. The molecule has 1 aliphatic rings. The van der Waals surface area contributed by atoms with E-state index in [0.29, 0.717) is 0 Å². The number of aliphatic hydroxyl groups excluding tert-OH is 1. The van der Waals surface area contributed by atoms with Crippen LogP contribution in [-0.4, -0.2) is 59.0 Å².